The normalized spacial score (nSPS) is 20.6. The van der Waals surface area contributed by atoms with Crippen molar-refractivity contribution in [2.45, 2.75) is 39.0 Å². The minimum absolute atomic E-state index is 0.0531. The maximum atomic E-state index is 13.5. The fraction of sp³-hybridized carbons (Fsp3) is 0.444. The highest BCUT2D eigenvalue weighted by Crippen LogP contribution is 2.22. The van der Waals surface area contributed by atoms with Crippen molar-refractivity contribution in [2.75, 3.05) is 13.2 Å². The van der Waals surface area contributed by atoms with Crippen LogP contribution >= 0.6 is 0 Å². The van der Waals surface area contributed by atoms with Crippen molar-refractivity contribution in [1.29, 1.82) is 0 Å². The van der Waals surface area contributed by atoms with E-state index >= 15 is 0 Å². The molecule has 5 nitrogen and oxygen atoms in total. The summed E-state index contributed by atoms with van der Waals surface area (Å²) in [4.78, 5) is 14.0. The molecule has 1 saturated heterocycles. The molecule has 0 unspecified atom stereocenters. The number of hydrogen-bond donors (Lipinski definition) is 1. The first kappa shape index (κ1) is 16.6. The summed E-state index contributed by atoms with van der Waals surface area (Å²) in [5.74, 6) is -0.230. The van der Waals surface area contributed by atoms with E-state index in [0.29, 0.717) is 12.1 Å². The lowest BCUT2D eigenvalue weighted by molar-refractivity contribution is 0.0673. The van der Waals surface area contributed by atoms with Gasteiger partial charge in [-0.3, -0.25) is 9.48 Å². The number of amides is 1. The zero-order valence-electron chi connectivity index (χ0n) is 13.9. The topological polar surface area (TPSA) is 58.4 Å². The summed E-state index contributed by atoms with van der Waals surface area (Å²) in [7, 11) is 0. The highest BCUT2D eigenvalue weighted by atomic mass is 19.1. The van der Waals surface area contributed by atoms with Crippen LogP contribution in [0.5, 0.6) is 0 Å². The maximum absolute atomic E-state index is 13.5. The molecule has 1 aromatic heterocycles. The fourth-order valence-corrected chi connectivity index (χ4v) is 3.21. The molecule has 24 heavy (non-hydrogen) atoms. The van der Waals surface area contributed by atoms with Gasteiger partial charge in [0.2, 0.25) is 0 Å². The average Bonchev–Trinajstić information content (AvgIpc) is 3.09. The Labute approximate surface area is 140 Å². The summed E-state index contributed by atoms with van der Waals surface area (Å²) in [6.07, 6.45) is -0.852. The van der Waals surface area contributed by atoms with Gasteiger partial charge in [-0.2, -0.15) is 5.10 Å². The molecule has 1 aliphatic heterocycles. The van der Waals surface area contributed by atoms with Crippen LogP contribution in [0.25, 0.3) is 0 Å². The standard InChI is InChI=1S/C18H22FN3O2/c1-12-7-13(2)22(20-12)9-14-3-5-15(6-4-14)18(24)21-10-16(19)8-17(21)11-23/h3-7,16-17,23H,8-11H2,1-2H3/t16-,17-/m0/s1. The molecule has 2 aromatic rings. The molecule has 1 fully saturated rings. The van der Waals surface area contributed by atoms with Gasteiger partial charge in [-0.25, -0.2) is 4.39 Å². The Balaban J connectivity index is 1.72. The Morgan fingerprint density at radius 2 is 2.04 bits per heavy atom. The highest BCUT2D eigenvalue weighted by Gasteiger charge is 2.35. The molecule has 6 heteroatoms. The zero-order chi connectivity index (χ0) is 17.3. The van der Waals surface area contributed by atoms with E-state index in [2.05, 4.69) is 5.10 Å². The highest BCUT2D eigenvalue weighted by molar-refractivity contribution is 5.94. The van der Waals surface area contributed by atoms with Gasteiger partial charge >= 0.3 is 0 Å². The first-order chi connectivity index (χ1) is 11.5. The summed E-state index contributed by atoms with van der Waals surface area (Å²) in [5.41, 5.74) is 3.62. The summed E-state index contributed by atoms with van der Waals surface area (Å²) in [6.45, 7) is 4.45. The van der Waals surface area contributed by atoms with Gasteiger partial charge in [-0.15, -0.1) is 0 Å². The van der Waals surface area contributed by atoms with Crippen LogP contribution in [-0.2, 0) is 6.54 Å². The monoisotopic (exact) mass is 331 g/mol. The van der Waals surface area contributed by atoms with Gasteiger partial charge in [0.25, 0.3) is 5.91 Å². The van der Waals surface area contributed by atoms with E-state index in [0.717, 1.165) is 17.0 Å². The summed E-state index contributed by atoms with van der Waals surface area (Å²) in [6, 6.07) is 8.88. The van der Waals surface area contributed by atoms with Crippen molar-refractivity contribution in [2.24, 2.45) is 0 Å². The van der Waals surface area contributed by atoms with E-state index in [1.54, 1.807) is 12.1 Å². The number of benzene rings is 1. The molecule has 128 valence electrons. The van der Waals surface area contributed by atoms with Gasteiger partial charge in [-0.05, 0) is 37.6 Å². The Kier molecular flexibility index (Phi) is 4.66. The number of hydrogen-bond acceptors (Lipinski definition) is 3. The molecule has 0 spiro atoms. The number of nitrogens with zero attached hydrogens (tertiary/aromatic N) is 3. The molecule has 1 N–H and O–H groups in total. The molecule has 2 heterocycles. The molecule has 0 bridgehead atoms. The Morgan fingerprint density at radius 3 is 2.62 bits per heavy atom. The van der Waals surface area contributed by atoms with Crippen LogP contribution in [0, 0.1) is 13.8 Å². The molecular weight excluding hydrogens is 309 g/mol. The number of aromatic nitrogens is 2. The third kappa shape index (κ3) is 3.33. The van der Waals surface area contributed by atoms with Gasteiger partial charge in [0.05, 0.1) is 31.4 Å². The number of aryl methyl sites for hydroxylation is 2. The van der Waals surface area contributed by atoms with Gasteiger partial charge in [0.15, 0.2) is 0 Å². The zero-order valence-corrected chi connectivity index (χ0v) is 13.9. The number of rotatable bonds is 4. The summed E-state index contributed by atoms with van der Waals surface area (Å²) < 4.78 is 15.4. The minimum Gasteiger partial charge on any atom is -0.394 e. The quantitative estimate of drug-likeness (QED) is 0.933. The molecule has 3 rings (SSSR count). The van der Waals surface area contributed by atoms with E-state index in [1.807, 2.05) is 36.7 Å². The smallest absolute Gasteiger partial charge is 0.254 e. The van der Waals surface area contributed by atoms with Crippen molar-refractivity contribution in [3.8, 4) is 0 Å². The number of aliphatic hydroxyl groups excluding tert-OH is 1. The second kappa shape index (κ2) is 6.73. The lowest BCUT2D eigenvalue weighted by Gasteiger charge is -2.22. The largest absolute Gasteiger partial charge is 0.394 e. The van der Waals surface area contributed by atoms with Gasteiger partial charge in [-0.1, -0.05) is 12.1 Å². The number of aliphatic hydroxyl groups is 1. The molecular formula is C18H22FN3O2. The second-order valence-electron chi connectivity index (χ2n) is 6.41. The van der Waals surface area contributed by atoms with Crippen LogP contribution in [0.1, 0.15) is 33.7 Å². The predicted molar refractivity (Wildman–Crippen MR) is 88.7 cm³/mol. The number of alkyl halides is 1. The molecule has 1 amide bonds. The number of halogens is 1. The van der Waals surface area contributed by atoms with Crippen molar-refractivity contribution in [3.05, 3.63) is 52.8 Å². The van der Waals surface area contributed by atoms with Crippen LogP contribution in [0.3, 0.4) is 0 Å². The third-order valence-electron chi connectivity index (χ3n) is 4.47. The van der Waals surface area contributed by atoms with Crippen molar-refractivity contribution in [1.82, 2.24) is 14.7 Å². The van der Waals surface area contributed by atoms with Crippen molar-refractivity contribution >= 4 is 5.91 Å². The third-order valence-corrected chi connectivity index (χ3v) is 4.47. The van der Waals surface area contributed by atoms with Crippen LogP contribution in [0.4, 0.5) is 4.39 Å². The molecule has 0 aliphatic carbocycles. The van der Waals surface area contributed by atoms with Crippen LogP contribution in [0.2, 0.25) is 0 Å². The Hall–Kier alpha value is -2.21. The molecule has 1 aliphatic rings. The predicted octanol–water partition coefficient (Wildman–Crippen LogP) is 2.09. The molecule has 1 aromatic carbocycles. The lowest BCUT2D eigenvalue weighted by Crippen LogP contribution is -2.37. The summed E-state index contributed by atoms with van der Waals surface area (Å²) in [5, 5.41) is 13.7. The minimum atomic E-state index is -1.06. The van der Waals surface area contributed by atoms with Crippen LogP contribution in [0.15, 0.2) is 30.3 Å². The van der Waals surface area contributed by atoms with Crippen LogP contribution < -0.4 is 0 Å². The van der Waals surface area contributed by atoms with Crippen LogP contribution in [-0.4, -0.2) is 51.1 Å². The van der Waals surface area contributed by atoms with Crippen molar-refractivity contribution < 1.29 is 14.3 Å². The van der Waals surface area contributed by atoms with Gasteiger partial charge < -0.3 is 10.0 Å². The van der Waals surface area contributed by atoms with Gasteiger partial charge in [0.1, 0.15) is 6.17 Å². The Bertz CT molecular complexity index is 726. The lowest BCUT2D eigenvalue weighted by atomic mass is 10.1. The maximum Gasteiger partial charge on any atom is 0.254 e. The van der Waals surface area contributed by atoms with E-state index < -0.39 is 12.2 Å². The molecule has 0 saturated carbocycles. The van der Waals surface area contributed by atoms with E-state index in [-0.39, 0.29) is 25.5 Å². The number of carbonyl (C=O) groups is 1. The number of likely N-dealkylation sites (tertiary alicyclic amines) is 1. The summed E-state index contributed by atoms with van der Waals surface area (Å²) >= 11 is 0. The van der Waals surface area contributed by atoms with E-state index in [4.69, 9.17) is 0 Å². The average molecular weight is 331 g/mol. The molecule has 2 atom stereocenters. The Morgan fingerprint density at radius 1 is 1.33 bits per heavy atom. The second-order valence-corrected chi connectivity index (χ2v) is 6.41. The van der Waals surface area contributed by atoms with E-state index in [1.165, 1.54) is 4.90 Å². The fourth-order valence-electron chi connectivity index (χ4n) is 3.21. The van der Waals surface area contributed by atoms with Gasteiger partial charge in [0, 0.05) is 17.7 Å². The SMILES string of the molecule is Cc1cc(C)n(Cc2ccc(C(=O)N3C[C@@H](F)C[C@H]3CO)cc2)n1. The first-order valence-electron chi connectivity index (χ1n) is 8.14. The number of carbonyl (C=O) groups excluding carboxylic acids is 1. The van der Waals surface area contributed by atoms with E-state index in [9.17, 15) is 14.3 Å². The first-order valence-corrected chi connectivity index (χ1v) is 8.14. The molecule has 0 radical (unpaired) electrons. The van der Waals surface area contributed by atoms with Crippen molar-refractivity contribution in [3.63, 3.8) is 0 Å².